The first-order valence-electron chi connectivity index (χ1n) is 7.79. The van der Waals surface area contributed by atoms with Crippen molar-refractivity contribution in [1.29, 1.82) is 0 Å². The molecule has 0 radical (unpaired) electrons. The fraction of sp³-hybridized carbons (Fsp3) is 0.150. The van der Waals surface area contributed by atoms with E-state index in [2.05, 4.69) is 0 Å². The van der Waals surface area contributed by atoms with E-state index in [-0.39, 0.29) is 11.1 Å². The van der Waals surface area contributed by atoms with Gasteiger partial charge in [0.15, 0.2) is 0 Å². The SMILES string of the molecule is CC(=O)Oc1cc2c(c3c(C(F)(F)F)cccc13)-c1ccccc1C2. The average Bonchev–Trinajstić information content (AvgIpc) is 2.91. The lowest BCUT2D eigenvalue weighted by atomic mass is 9.93. The molecule has 0 bridgehead atoms. The molecule has 0 aliphatic heterocycles. The van der Waals surface area contributed by atoms with Gasteiger partial charge in [-0.15, -0.1) is 0 Å². The van der Waals surface area contributed by atoms with Crippen LogP contribution in [0, 0.1) is 0 Å². The Bertz CT molecular complexity index is 1020. The standard InChI is InChI=1S/C20H13F3O2/c1-11(24)25-17-10-13-9-12-5-2-3-6-14(12)18(13)19-15(17)7-4-8-16(19)20(21,22)23/h2-8,10H,9H2,1H3. The third-order valence-electron chi connectivity index (χ3n) is 4.43. The molecule has 0 saturated carbocycles. The Morgan fingerprint density at radius 3 is 2.52 bits per heavy atom. The predicted octanol–water partition coefficient (Wildman–Crippen LogP) is 5.36. The van der Waals surface area contributed by atoms with Crippen LogP contribution in [0.15, 0.2) is 48.5 Å². The summed E-state index contributed by atoms with van der Waals surface area (Å²) in [4.78, 5) is 11.4. The highest BCUT2D eigenvalue weighted by atomic mass is 19.4. The molecule has 25 heavy (non-hydrogen) atoms. The van der Waals surface area contributed by atoms with Crippen molar-refractivity contribution in [2.45, 2.75) is 19.5 Å². The number of esters is 1. The lowest BCUT2D eigenvalue weighted by molar-refractivity contribution is -0.136. The van der Waals surface area contributed by atoms with Crippen LogP contribution in [0.4, 0.5) is 13.2 Å². The summed E-state index contributed by atoms with van der Waals surface area (Å²) >= 11 is 0. The molecular weight excluding hydrogens is 329 g/mol. The topological polar surface area (TPSA) is 26.3 Å². The van der Waals surface area contributed by atoms with Crippen LogP contribution in [0.2, 0.25) is 0 Å². The fourth-order valence-corrected chi connectivity index (χ4v) is 3.54. The zero-order valence-corrected chi connectivity index (χ0v) is 13.3. The van der Waals surface area contributed by atoms with E-state index in [0.29, 0.717) is 17.4 Å². The first-order valence-corrected chi connectivity index (χ1v) is 7.79. The summed E-state index contributed by atoms with van der Waals surface area (Å²) in [6.07, 6.45) is -3.98. The van der Waals surface area contributed by atoms with Crippen LogP contribution >= 0.6 is 0 Å². The quantitative estimate of drug-likeness (QED) is 0.344. The van der Waals surface area contributed by atoms with Gasteiger partial charge in [-0.2, -0.15) is 13.2 Å². The van der Waals surface area contributed by atoms with Crippen LogP contribution in [0.25, 0.3) is 21.9 Å². The summed E-state index contributed by atoms with van der Waals surface area (Å²) in [6, 6.07) is 13.1. The Hall–Kier alpha value is -2.82. The van der Waals surface area contributed by atoms with E-state index in [1.807, 2.05) is 24.3 Å². The van der Waals surface area contributed by atoms with E-state index in [9.17, 15) is 18.0 Å². The average molecular weight is 342 g/mol. The fourth-order valence-electron chi connectivity index (χ4n) is 3.54. The van der Waals surface area contributed by atoms with E-state index < -0.39 is 17.7 Å². The van der Waals surface area contributed by atoms with E-state index >= 15 is 0 Å². The van der Waals surface area contributed by atoms with Gasteiger partial charge >= 0.3 is 12.1 Å². The van der Waals surface area contributed by atoms with E-state index in [4.69, 9.17) is 4.74 Å². The maximum absolute atomic E-state index is 13.6. The normalized spacial score (nSPS) is 12.8. The molecule has 2 nitrogen and oxygen atoms in total. The lowest BCUT2D eigenvalue weighted by Crippen LogP contribution is -2.08. The van der Waals surface area contributed by atoms with Crippen LogP contribution in [-0.4, -0.2) is 5.97 Å². The van der Waals surface area contributed by atoms with Crippen molar-refractivity contribution in [1.82, 2.24) is 0 Å². The largest absolute Gasteiger partial charge is 0.426 e. The molecule has 1 aliphatic rings. The Kier molecular flexibility index (Phi) is 3.35. The molecule has 3 aromatic carbocycles. The molecule has 3 aromatic rings. The third-order valence-corrected chi connectivity index (χ3v) is 4.43. The smallest absolute Gasteiger partial charge is 0.417 e. The van der Waals surface area contributed by atoms with Gasteiger partial charge in [-0.3, -0.25) is 4.79 Å². The molecule has 0 heterocycles. The Morgan fingerprint density at radius 1 is 1.04 bits per heavy atom. The van der Waals surface area contributed by atoms with Crippen LogP contribution in [-0.2, 0) is 17.4 Å². The van der Waals surface area contributed by atoms with Crippen molar-refractivity contribution >= 4 is 16.7 Å². The van der Waals surface area contributed by atoms with Crippen molar-refractivity contribution in [2.24, 2.45) is 0 Å². The molecule has 0 saturated heterocycles. The molecule has 5 heteroatoms. The molecular formula is C20H13F3O2. The Labute approximate surface area is 141 Å². The number of alkyl halides is 3. The van der Waals surface area contributed by atoms with Gasteiger partial charge < -0.3 is 4.74 Å². The first kappa shape index (κ1) is 15.7. The van der Waals surface area contributed by atoms with Gasteiger partial charge in [-0.1, -0.05) is 36.4 Å². The monoisotopic (exact) mass is 342 g/mol. The second-order valence-electron chi connectivity index (χ2n) is 6.06. The van der Waals surface area contributed by atoms with Gasteiger partial charge in [0.2, 0.25) is 0 Å². The molecule has 0 atom stereocenters. The molecule has 126 valence electrons. The maximum Gasteiger partial charge on any atom is 0.417 e. The van der Waals surface area contributed by atoms with Crippen LogP contribution in [0.5, 0.6) is 5.75 Å². The van der Waals surface area contributed by atoms with Crippen molar-refractivity contribution in [2.75, 3.05) is 0 Å². The number of rotatable bonds is 1. The third kappa shape index (κ3) is 2.47. The lowest BCUT2D eigenvalue weighted by Gasteiger charge is -2.17. The van der Waals surface area contributed by atoms with Gasteiger partial charge in [-0.05, 0) is 40.8 Å². The Morgan fingerprint density at radius 2 is 1.80 bits per heavy atom. The summed E-state index contributed by atoms with van der Waals surface area (Å²) in [7, 11) is 0. The van der Waals surface area contributed by atoms with Crippen LogP contribution < -0.4 is 4.74 Å². The van der Waals surface area contributed by atoms with Crippen molar-refractivity contribution in [3.8, 4) is 16.9 Å². The second kappa shape index (κ2) is 5.34. The summed E-state index contributed by atoms with van der Waals surface area (Å²) < 4.78 is 46.2. The molecule has 0 spiro atoms. The number of benzene rings is 3. The van der Waals surface area contributed by atoms with Gasteiger partial charge in [0.1, 0.15) is 5.75 Å². The zero-order valence-electron chi connectivity index (χ0n) is 13.3. The van der Waals surface area contributed by atoms with Gasteiger partial charge in [-0.25, -0.2) is 0 Å². The maximum atomic E-state index is 13.6. The van der Waals surface area contributed by atoms with Crippen LogP contribution in [0.1, 0.15) is 23.6 Å². The number of hydrogen-bond acceptors (Lipinski definition) is 2. The molecule has 0 aromatic heterocycles. The molecule has 1 aliphatic carbocycles. The van der Waals surface area contributed by atoms with Crippen molar-refractivity contribution in [3.63, 3.8) is 0 Å². The van der Waals surface area contributed by atoms with Crippen molar-refractivity contribution in [3.05, 3.63) is 65.2 Å². The summed E-state index contributed by atoms with van der Waals surface area (Å²) in [5.74, 6) is -0.394. The zero-order chi connectivity index (χ0) is 17.8. The predicted molar refractivity (Wildman–Crippen MR) is 88.5 cm³/mol. The minimum absolute atomic E-state index is 0.0914. The molecule has 4 rings (SSSR count). The van der Waals surface area contributed by atoms with Crippen LogP contribution in [0.3, 0.4) is 0 Å². The molecule has 0 amide bonds. The number of ether oxygens (including phenoxy) is 1. The van der Waals surface area contributed by atoms with E-state index in [0.717, 1.165) is 22.8 Å². The number of halogens is 3. The van der Waals surface area contributed by atoms with Gasteiger partial charge in [0.05, 0.1) is 5.56 Å². The summed E-state index contributed by atoms with van der Waals surface area (Å²) in [5.41, 5.74) is 2.37. The van der Waals surface area contributed by atoms with E-state index in [1.165, 1.54) is 13.0 Å². The highest BCUT2D eigenvalue weighted by molar-refractivity contribution is 6.06. The Balaban J connectivity index is 2.15. The summed E-state index contributed by atoms with van der Waals surface area (Å²) in [5, 5.41) is 0.383. The number of carbonyl (C=O) groups excluding carboxylic acids is 1. The summed E-state index contributed by atoms with van der Waals surface area (Å²) in [6.45, 7) is 1.24. The highest BCUT2D eigenvalue weighted by Crippen LogP contribution is 2.48. The minimum atomic E-state index is -4.50. The second-order valence-corrected chi connectivity index (χ2v) is 6.06. The van der Waals surface area contributed by atoms with Gasteiger partial charge in [0, 0.05) is 17.7 Å². The number of carbonyl (C=O) groups is 1. The molecule has 0 N–H and O–H groups in total. The van der Waals surface area contributed by atoms with E-state index in [1.54, 1.807) is 12.1 Å². The van der Waals surface area contributed by atoms with Crippen molar-refractivity contribution < 1.29 is 22.7 Å². The first-order chi connectivity index (χ1) is 11.9. The molecule has 0 unspecified atom stereocenters. The highest BCUT2D eigenvalue weighted by Gasteiger charge is 2.35. The number of hydrogen-bond donors (Lipinski definition) is 0. The molecule has 0 fully saturated rings. The van der Waals surface area contributed by atoms with Gasteiger partial charge in [0.25, 0.3) is 0 Å². The number of fused-ring (bicyclic) bond motifs is 5. The minimum Gasteiger partial charge on any atom is -0.426 e.